The lowest BCUT2D eigenvalue weighted by atomic mass is 10.1. The normalized spacial score (nSPS) is 12.4. The summed E-state index contributed by atoms with van der Waals surface area (Å²) in [5.41, 5.74) is 12.4. The van der Waals surface area contributed by atoms with E-state index in [0.717, 1.165) is 44.5 Å². The SMILES string of the molecule is c1ccc2cc(N(c3ccc4oc5ccccc5c4c3)c3ccc4c(c3)n3c5ccccc5c5ccc6c7ccccc7n4c6c53)ccc2c1. The Labute approximate surface area is 285 Å². The Balaban J connectivity index is 1.22. The van der Waals surface area contributed by atoms with E-state index in [1.807, 2.05) is 12.1 Å². The van der Waals surface area contributed by atoms with Gasteiger partial charge in [0.2, 0.25) is 0 Å². The van der Waals surface area contributed by atoms with Gasteiger partial charge < -0.3 is 18.1 Å². The third-order valence-electron chi connectivity index (χ3n) is 10.8. The molecule has 4 heterocycles. The first-order valence-electron chi connectivity index (χ1n) is 17.1. The topological polar surface area (TPSA) is 25.2 Å². The van der Waals surface area contributed by atoms with E-state index in [1.165, 1.54) is 59.9 Å². The molecule has 0 saturated carbocycles. The summed E-state index contributed by atoms with van der Waals surface area (Å²) in [4.78, 5) is 2.39. The van der Waals surface area contributed by atoms with E-state index >= 15 is 0 Å². The van der Waals surface area contributed by atoms with Gasteiger partial charge in [-0.2, -0.15) is 0 Å². The van der Waals surface area contributed by atoms with Crippen LogP contribution in [-0.4, -0.2) is 8.80 Å². The Hall–Kier alpha value is -6.78. The van der Waals surface area contributed by atoms with Gasteiger partial charge in [-0.05, 0) is 77.5 Å². The summed E-state index contributed by atoms with van der Waals surface area (Å²) < 4.78 is 11.2. The zero-order valence-corrected chi connectivity index (χ0v) is 26.8. The van der Waals surface area contributed by atoms with Crippen molar-refractivity contribution in [2.75, 3.05) is 4.90 Å². The molecule has 50 heavy (non-hydrogen) atoms. The van der Waals surface area contributed by atoms with Crippen molar-refractivity contribution in [3.05, 3.63) is 164 Å². The van der Waals surface area contributed by atoms with Crippen LogP contribution < -0.4 is 4.90 Å². The van der Waals surface area contributed by atoms with Crippen molar-refractivity contribution in [3.63, 3.8) is 0 Å². The first-order valence-corrected chi connectivity index (χ1v) is 17.1. The molecule has 0 saturated heterocycles. The van der Waals surface area contributed by atoms with Crippen LogP contribution in [0.15, 0.2) is 168 Å². The van der Waals surface area contributed by atoms with E-state index in [9.17, 15) is 0 Å². The number of rotatable bonds is 3. The maximum absolute atomic E-state index is 6.26. The van der Waals surface area contributed by atoms with E-state index in [0.29, 0.717) is 0 Å². The Morgan fingerprint density at radius 2 is 0.900 bits per heavy atom. The maximum Gasteiger partial charge on any atom is 0.135 e. The van der Waals surface area contributed by atoms with Crippen molar-refractivity contribution in [1.82, 2.24) is 8.80 Å². The lowest BCUT2D eigenvalue weighted by Gasteiger charge is -2.26. The number of para-hydroxylation sites is 3. The fraction of sp³-hybridized carbons (Fsp3) is 0. The van der Waals surface area contributed by atoms with Crippen LogP contribution in [-0.2, 0) is 0 Å². The van der Waals surface area contributed by atoms with Crippen LogP contribution in [0.3, 0.4) is 0 Å². The number of aromatic nitrogens is 2. The summed E-state index contributed by atoms with van der Waals surface area (Å²) in [7, 11) is 0. The van der Waals surface area contributed by atoms with Gasteiger partial charge in [0.15, 0.2) is 0 Å². The van der Waals surface area contributed by atoms with Gasteiger partial charge in [0.05, 0.1) is 33.1 Å². The monoisotopic (exact) mass is 637 g/mol. The molecule has 4 nitrogen and oxygen atoms in total. The summed E-state index contributed by atoms with van der Waals surface area (Å²) in [5, 5.41) is 9.75. The summed E-state index contributed by atoms with van der Waals surface area (Å²) in [6.45, 7) is 0. The summed E-state index contributed by atoms with van der Waals surface area (Å²) in [5.74, 6) is 0. The van der Waals surface area contributed by atoms with E-state index in [-0.39, 0.29) is 0 Å². The second-order valence-corrected chi connectivity index (χ2v) is 13.4. The van der Waals surface area contributed by atoms with Crippen molar-refractivity contribution in [3.8, 4) is 0 Å². The first kappa shape index (κ1) is 26.2. The smallest absolute Gasteiger partial charge is 0.135 e. The van der Waals surface area contributed by atoms with Gasteiger partial charge in [-0.15, -0.1) is 0 Å². The molecule has 4 heteroatoms. The van der Waals surface area contributed by atoms with Gasteiger partial charge in [0.25, 0.3) is 0 Å². The predicted molar refractivity (Wildman–Crippen MR) is 209 cm³/mol. The fourth-order valence-electron chi connectivity index (χ4n) is 8.64. The van der Waals surface area contributed by atoms with Crippen LogP contribution in [0.1, 0.15) is 0 Å². The van der Waals surface area contributed by atoms with Crippen molar-refractivity contribution in [2.24, 2.45) is 0 Å². The van der Waals surface area contributed by atoms with E-state index in [2.05, 4.69) is 165 Å². The summed E-state index contributed by atoms with van der Waals surface area (Å²) >= 11 is 0. The molecule has 0 radical (unpaired) electrons. The summed E-state index contributed by atoms with van der Waals surface area (Å²) in [6.07, 6.45) is 0. The molecule has 8 aromatic carbocycles. The number of nitrogens with zero attached hydrogens (tertiary/aromatic N) is 3. The third-order valence-corrected chi connectivity index (χ3v) is 10.8. The van der Waals surface area contributed by atoms with Crippen LogP contribution >= 0.6 is 0 Å². The average Bonchev–Trinajstić information content (AvgIpc) is 3.83. The number of hydrogen-bond acceptors (Lipinski definition) is 2. The molecule has 0 bridgehead atoms. The molecule has 0 amide bonds. The lowest BCUT2D eigenvalue weighted by Crippen LogP contribution is -2.10. The molecule has 12 rings (SSSR count). The highest BCUT2D eigenvalue weighted by Crippen LogP contribution is 2.44. The molecule has 0 aliphatic carbocycles. The largest absolute Gasteiger partial charge is 0.456 e. The minimum Gasteiger partial charge on any atom is -0.456 e. The predicted octanol–water partition coefficient (Wildman–Crippen LogP) is 12.8. The second-order valence-electron chi connectivity index (χ2n) is 13.4. The molecule has 0 N–H and O–H groups in total. The van der Waals surface area contributed by atoms with Crippen molar-refractivity contribution < 1.29 is 4.42 Å². The standard InChI is InChI=1S/C46H27N3O/c1-2-10-29-25-30(18-17-28(29)9-1)47(31-20-24-44-38(26-31)35-13-5-8-16-43(35)50-44)32-19-23-41-42(27-32)49-40-15-7-4-12-34(40)37-22-21-36-33-11-3-6-14-39(33)48(41)45(36)46(37)49/h1-27H. The average molecular weight is 638 g/mol. The van der Waals surface area contributed by atoms with Gasteiger partial charge in [-0.1, -0.05) is 97.1 Å². The van der Waals surface area contributed by atoms with Crippen molar-refractivity contribution in [2.45, 2.75) is 0 Å². The van der Waals surface area contributed by atoms with Crippen LogP contribution in [0, 0.1) is 0 Å². The van der Waals surface area contributed by atoms with Gasteiger partial charge in [0, 0.05) is 49.4 Å². The lowest BCUT2D eigenvalue weighted by molar-refractivity contribution is 0.669. The van der Waals surface area contributed by atoms with Gasteiger partial charge in [-0.25, -0.2) is 0 Å². The molecular formula is C46H27N3O. The van der Waals surface area contributed by atoms with E-state index in [4.69, 9.17) is 4.42 Å². The van der Waals surface area contributed by atoms with E-state index in [1.54, 1.807) is 0 Å². The Morgan fingerprint density at radius 1 is 0.340 bits per heavy atom. The highest BCUT2D eigenvalue weighted by atomic mass is 16.3. The van der Waals surface area contributed by atoms with Crippen molar-refractivity contribution >= 4 is 104 Å². The summed E-state index contributed by atoms with van der Waals surface area (Å²) in [6, 6.07) is 59.4. The Kier molecular flexibility index (Phi) is 4.94. The molecular weight excluding hydrogens is 611 g/mol. The highest BCUT2D eigenvalue weighted by molar-refractivity contribution is 6.25. The Morgan fingerprint density at radius 3 is 1.68 bits per heavy atom. The number of furan rings is 1. The van der Waals surface area contributed by atoms with Crippen LogP contribution in [0.2, 0.25) is 0 Å². The number of anilines is 3. The van der Waals surface area contributed by atoms with Crippen LogP contribution in [0.25, 0.3) is 87.4 Å². The molecule has 0 spiro atoms. The van der Waals surface area contributed by atoms with Crippen molar-refractivity contribution in [1.29, 1.82) is 0 Å². The molecule has 12 aromatic rings. The van der Waals surface area contributed by atoms with Gasteiger partial charge in [-0.3, -0.25) is 0 Å². The zero-order chi connectivity index (χ0) is 32.5. The van der Waals surface area contributed by atoms with Gasteiger partial charge >= 0.3 is 0 Å². The zero-order valence-electron chi connectivity index (χ0n) is 26.8. The second kappa shape index (κ2) is 9.43. The van der Waals surface area contributed by atoms with Crippen LogP contribution in [0.5, 0.6) is 0 Å². The highest BCUT2D eigenvalue weighted by Gasteiger charge is 2.23. The van der Waals surface area contributed by atoms with Crippen LogP contribution in [0.4, 0.5) is 17.1 Å². The number of benzene rings is 8. The quantitative estimate of drug-likeness (QED) is 0.180. The third kappa shape index (κ3) is 3.34. The minimum absolute atomic E-state index is 0.889. The fourth-order valence-corrected chi connectivity index (χ4v) is 8.64. The Bertz CT molecular complexity index is 3340. The van der Waals surface area contributed by atoms with E-state index < -0.39 is 0 Å². The first-order chi connectivity index (χ1) is 24.8. The molecule has 0 fully saturated rings. The van der Waals surface area contributed by atoms with Gasteiger partial charge in [0.1, 0.15) is 11.2 Å². The molecule has 4 aromatic heterocycles. The maximum atomic E-state index is 6.26. The molecule has 0 unspecified atom stereocenters. The number of hydrogen-bond donors (Lipinski definition) is 0. The molecule has 0 aliphatic rings. The number of fused-ring (bicyclic) bond motifs is 13. The molecule has 0 aliphatic heterocycles. The molecule has 232 valence electrons. The minimum atomic E-state index is 0.889. The molecule has 0 atom stereocenters.